The Morgan fingerprint density at radius 2 is 1.90 bits per heavy atom. The van der Waals surface area contributed by atoms with Gasteiger partial charge in [0, 0.05) is 12.2 Å². The molecule has 0 aliphatic carbocycles. The van der Waals surface area contributed by atoms with Gasteiger partial charge in [0.25, 0.3) is 0 Å². The summed E-state index contributed by atoms with van der Waals surface area (Å²) in [6, 6.07) is 13.5. The minimum Gasteiger partial charge on any atom is -0.311 e. The van der Waals surface area contributed by atoms with Crippen molar-refractivity contribution in [2.24, 2.45) is 0 Å². The number of hydrogen-bond donors (Lipinski definition) is 0. The van der Waals surface area contributed by atoms with Crippen LogP contribution in [0.4, 0.5) is 18.9 Å². The molecule has 0 bridgehead atoms. The summed E-state index contributed by atoms with van der Waals surface area (Å²) in [5.41, 5.74) is 2.92. The third-order valence-corrected chi connectivity index (χ3v) is 4.75. The van der Waals surface area contributed by atoms with Crippen LogP contribution in [0.15, 0.2) is 42.5 Å². The molecule has 0 fully saturated rings. The van der Waals surface area contributed by atoms with Crippen molar-refractivity contribution in [1.29, 1.82) is 5.26 Å². The molecule has 0 spiro atoms. The first-order valence-corrected chi connectivity index (χ1v) is 8.99. The van der Waals surface area contributed by atoms with Gasteiger partial charge in [0.1, 0.15) is 6.54 Å². The molecule has 3 rings (SSSR count). The number of benzene rings is 2. The Bertz CT molecular complexity index is 1100. The molecule has 0 radical (unpaired) electrons. The highest BCUT2D eigenvalue weighted by Crippen LogP contribution is 2.31. The Balaban J connectivity index is 2.02. The lowest BCUT2D eigenvalue weighted by molar-refractivity contribution is -0.147. The van der Waals surface area contributed by atoms with Crippen molar-refractivity contribution in [3.63, 3.8) is 0 Å². The number of nitriles is 1. The van der Waals surface area contributed by atoms with Crippen molar-refractivity contribution >= 4 is 22.6 Å². The fourth-order valence-electron chi connectivity index (χ4n) is 3.13. The Morgan fingerprint density at radius 3 is 2.55 bits per heavy atom. The molecule has 0 atom stereocenters. The molecule has 0 saturated carbocycles. The van der Waals surface area contributed by atoms with Gasteiger partial charge < -0.3 is 9.47 Å². The predicted molar refractivity (Wildman–Crippen MR) is 103 cm³/mol. The summed E-state index contributed by atoms with van der Waals surface area (Å²) < 4.78 is 41.4. The van der Waals surface area contributed by atoms with Crippen LogP contribution >= 0.6 is 0 Å². The van der Waals surface area contributed by atoms with E-state index in [1.807, 2.05) is 26.0 Å². The molecule has 0 aliphatic heterocycles. The maximum atomic E-state index is 13.5. The van der Waals surface area contributed by atoms with Gasteiger partial charge in [-0.1, -0.05) is 18.2 Å². The molecule has 1 heterocycles. The van der Waals surface area contributed by atoms with E-state index in [0.29, 0.717) is 5.69 Å². The van der Waals surface area contributed by atoms with Crippen LogP contribution < -0.4 is 4.90 Å². The highest BCUT2D eigenvalue weighted by atomic mass is 19.4. The molecule has 5 nitrogen and oxygen atoms in total. The van der Waals surface area contributed by atoms with E-state index in [9.17, 15) is 18.0 Å². The average molecular weight is 400 g/mol. The lowest BCUT2D eigenvalue weighted by Gasteiger charge is -2.23. The number of carbonyl (C=O) groups excluding carboxylic acids is 1. The number of carbonyl (C=O) groups is 1. The number of rotatable bonds is 5. The number of aromatic nitrogens is 2. The number of anilines is 1. The Morgan fingerprint density at radius 1 is 1.17 bits per heavy atom. The van der Waals surface area contributed by atoms with Crippen LogP contribution in [0.1, 0.15) is 23.4 Å². The van der Waals surface area contributed by atoms with Crippen molar-refractivity contribution in [2.75, 3.05) is 11.4 Å². The van der Waals surface area contributed by atoms with Crippen LogP contribution in [0.2, 0.25) is 0 Å². The minimum atomic E-state index is -4.70. The monoisotopic (exact) mass is 400 g/mol. The van der Waals surface area contributed by atoms with E-state index in [2.05, 4.69) is 4.98 Å². The van der Waals surface area contributed by atoms with Crippen molar-refractivity contribution in [3.05, 3.63) is 59.4 Å². The topological polar surface area (TPSA) is 61.9 Å². The van der Waals surface area contributed by atoms with Crippen LogP contribution in [0.3, 0.4) is 0 Å². The zero-order valence-corrected chi connectivity index (χ0v) is 16.0. The first kappa shape index (κ1) is 20.4. The highest BCUT2D eigenvalue weighted by Gasteiger charge is 2.38. The summed E-state index contributed by atoms with van der Waals surface area (Å²) in [5, 5.41) is 8.94. The van der Waals surface area contributed by atoms with Crippen LogP contribution in [0.5, 0.6) is 0 Å². The molecule has 29 heavy (non-hydrogen) atoms. The van der Waals surface area contributed by atoms with Gasteiger partial charge in [0.05, 0.1) is 23.5 Å². The zero-order valence-electron chi connectivity index (χ0n) is 16.0. The molecule has 150 valence electrons. The van der Waals surface area contributed by atoms with E-state index in [0.717, 1.165) is 15.7 Å². The highest BCUT2D eigenvalue weighted by molar-refractivity contribution is 5.94. The van der Waals surface area contributed by atoms with Gasteiger partial charge >= 0.3 is 6.18 Å². The Kier molecular flexibility index (Phi) is 5.59. The van der Waals surface area contributed by atoms with E-state index in [1.54, 1.807) is 24.3 Å². The smallest absolute Gasteiger partial charge is 0.311 e. The van der Waals surface area contributed by atoms with Gasteiger partial charge in [-0.05, 0) is 49.2 Å². The first-order chi connectivity index (χ1) is 13.7. The summed E-state index contributed by atoms with van der Waals surface area (Å²) >= 11 is 0. The molecule has 1 aromatic heterocycles. The summed E-state index contributed by atoms with van der Waals surface area (Å²) in [6.45, 7) is 3.37. The Labute approximate surface area is 166 Å². The Hall–Kier alpha value is -3.34. The second-order valence-electron chi connectivity index (χ2n) is 6.73. The maximum absolute atomic E-state index is 13.5. The third-order valence-electron chi connectivity index (χ3n) is 4.75. The van der Waals surface area contributed by atoms with Gasteiger partial charge in [-0.3, -0.25) is 4.79 Å². The lowest BCUT2D eigenvalue weighted by Crippen LogP contribution is -2.35. The zero-order chi connectivity index (χ0) is 21.2. The van der Waals surface area contributed by atoms with E-state index in [-0.39, 0.29) is 24.0 Å². The standard InChI is InChI=1S/C21H19F3N4O/c1-14-8-9-16(12-15(14)2)27(11-5-10-25)19(29)13-28-18-7-4-3-6-17(18)26-20(28)21(22,23)24/h3-4,6-9,12H,5,11,13H2,1-2H3. The van der Waals surface area contributed by atoms with E-state index in [4.69, 9.17) is 5.26 Å². The SMILES string of the molecule is Cc1ccc(N(CCC#N)C(=O)Cn2c(C(F)(F)F)nc3ccccc32)cc1C. The molecular weight excluding hydrogens is 381 g/mol. The predicted octanol–water partition coefficient (Wildman–Crippen LogP) is 4.62. The third kappa shape index (κ3) is 4.24. The first-order valence-electron chi connectivity index (χ1n) is 8.99. The molecule has 0 unspecified atom stereocenters. The van der Waals surface area contributed by atoms with Crippen molar-refractivity contribution in [1.82, 2.24) is 9.55 Å². The molecule has 2 aromatic carbocycles. The number of amides is 1. The van der Waals surface area contributed by atoms with E-state index in [1.165, 1.54) is 17.0 Å². The molecule has 0 saturated heterocycles. The summed E-state index contributed by atoms with van der Waals surface area (Å²) in [4.78, 5) is 18.1. The largest absolute Gasteiger partial charge is 0.449 e. The number of imidazole rings is 1. The van der Waals surface area contributed by atoms with Gasteiger partial charge in [-0.2, -0.15) is 18.4 Å². The minimum absolute atomic E-state index is 0.0649. The van der Waals surface area contributed by atoms with Gasteiger partial charge in [0.15, 0.2) is 0 Å². The number of aryl methyl sites for hydroxylation is 2. The second-order valence-corrected chi connectivity index (χ2v) is 6.73. The summed E-state index contributed by atoms with van der Waals surface area (Å²) in [5.74, 6) is -1.66. The summed E-state index contributed by atoms with van der Waals surface area (Å²) in [7, 11) is 0. The van der Waals surface area contributed by atoms with Crippen molar-refractivity contribution < 1.29 is 18.0 Å². The van der Waals surface area contributed by atoms with Crippen LogP contribution in [-0.2, 0) is 17.5 Å². The summed E-state index contributed by atoms with van der Waals surface area (Å²) in [6.07, 6.45) is -4.63. The number of fused-ring (bicyclic) bond motifs is 1. The van der Waals surface area contributed by atoms with Crippen LogP contribution in [0.25, 0.3) is 11.0 Å². The second kappa shape index (κ2) is 7.95. The van der Waals surface area contributed by atoms with E-state index >= 15 is 0 Å². The number of para-hydroxylation sites is 2. The number of nitrogens with zero attached hydrogens (tertiary/aromatic N) is 4. The van der Waals surface area contributed by atoms with Gasteiger partial charge in [-0.25, -0.2) is 4.98 Å². The molecule has 1 amide bonds. The number of hydrogen-bond acceptors (Lipinski definition) is 3. The normalized spacial score (nSPS) is 11.4. The van der Waals surface area contributed by atoms with Gasteiger partial charge in [0.2, 0.25) is 11.7 Å². The molecule has 3 aromatic rings. The number of alkyl halides is 3. The van der Waals surface area contributed by atoms with Crippen molar-refractivity contribution in [3.8, 4) is 6.07 Å². The molecule has 0 N–H and O–H groups in total. The molecule has 0 aliphatic rings. The average Bonchev–Trinajstić information content (AvgIpc) is 3.04. The quantitative estimate of drug-likeness (QED) is 0.628. The molecular formula is C21H19F3N4O. The lowest BCUT2D eigenvalue weighted by atomic mass is 10.1. The van der Waals surface area contributed by atoms with Crippen molar-refractivity contribution in [2.45, 2.75) is 33.0 Å². The fourth-order valence-corrected chi connectivity index (χ4v) is 3.13. The van der Waals surface area contributed by atoms with E-state index < -0.39 is 24.5 Å². The maximum Gasteiger partial charge on any atom is 0.449 e. The number of halogens is 3. The van der Waals surface area contributed by atoms with Crippen LogP contribution in [-0.4, -0.2) is 22.0 Å². The molecule has 8 heteroatoms. The van der Waals surface area contributed by atoms with Gasteiger partial charge in [-0.15, -0.1) is 0 Å². The van der Waals surface area contributed by atoms with Crippen LogP contribution in [0, 0.1) is 25.2 Å². The fraction of sp³-hybridized carbons (Fsp3) is 0.286.